The molecule has 0 aromatic heterocycles. The lowest BCUT2D eigenvalue weighted by Crippen LogP contribution is -2.43. The second kappa shape index (κ2) is 5.13. The van der Waals surface area contributed by atoms with Gasteiger partial charge in [0.25, 0.3) is 0 Å². The lowest BCUT2D eigenvalue weighted by molar-refractivity contribution is -0.147. The van der Waals surface area contributed by atoms with E-state index in [1.54, 1.807) is 0 Å². The van der Waals surface area contributed by atoms with Crippen molar-refractivity contribution in [3.05, 3.63) is 35.9 Å². The summed E-state index contributed by atoms with van der Waals surface area (Å²) in [5.41, 5.74) is 1.35. The van der Waals surface area contributed by atoms with Crippen molar-refractivity contribution in [1.82, 2.24) is 4.90 Å². The van der Waals surface area contributed by atoms with Crippen molar-refractivity contribution in [2.24, 2.45) is 16.7 Å². The Bertz CT molecular complexity index is 525. The quantitative estimate of drug-likeness (QED) is 0.926. The van der Waals surface area contributed by atoms with Crippen LogP contribution in [-0.2, 0) is 11.3 Å². The van der Waals surface area contributed by atoms with Crippen molar-refractivity contribution in [3.8, 4) is 0 Å². The Kier molecular flexibility index (Phi) is 3.56. The first kappa shape index (κ1) is 14.6. The van der Waals surface area contributed by atoms with E-state index in [2.05, 4.69) is 43.0 Å². The van der Waals surface area contributed by atoms with E-state index in [4.69, 9.17) is 0 Å². The second-order valence-corrected chi connectivity index (χ2v) is 7.44. The molecule has 2 aliphatic rings. The second-order valence-electron chi connectivity index (χ2n) is 7.44. The smallest absolute Gasteiger partial charge is 0.308 e. The molecule has 1 spiro atoms. The van der Waals surface area contributed by atoms with Crippen LogP contribution in [0, 0.1) is 16.7 Å². The molecule has 1 N–H and O–H groups in total. The summed E-state index contributed by atoms with van der Waals surface area (Å²) in [5, 5.41) is 9.73. The van der Waals surface area contributed by atoms with E-state index in [9.17, 15) is 9.90 Å². The third kappa shape index (κ3) is 2.38. The summed E-state index contributed by atoms with van der Waals surface area (Å²) in [6.45, 7) is 7.01. The zero-order valence-electron chi connectivity index (χ0n) is 13.0. The van der Waals surface area contributed by atoms with Gasteiger partial charge < -0.3 is 5.11 Å². The molecule has 0 radical (unpaired) electrons. The molecule has 0 bridgehead atoms. The number of hydrogen-bond acceptors (Lipinski definition) is 2. The molecular formula is C18H25NO2. The molecule has 1 saturated heterocycles. The minimum absolute atomic E-state index is 0.0480. The summed E-state index contributed by atoms with van der Waals surface area (Å²) >= 11 is 0. The molecule has 1 heterocycles. The number of nitrogens with zero attached hydrogens (tertiary/aromatic N) is 1. The number of carboxylic acid groups (broad SMARTS) is 1. The van der Waals surface area contributed by atoms with Crippen LogP contribution < -0.4 is 0 Å². The van der Waals surface area contributed by atoms with E-state index in [-0.39, 0.29) is 16.7 Å². The first-order valence-corrected chi connectivity index (χ1v) is 7.94. The van der Waals surface area contributed by atoms with Gasteiger partial charge in [-0.05, 0) is 23.8 Å². The van der Waals surface area contributed by atoms with Crippen LogP contribution in [0.4, 0.5) is 0 Å². The van der Waals surface area contributed by atoms with Crippen LogP contribution in [-0.4, -0.2) is 29.1 Å². The summed E-state index contributed by atoms with van der Waals surface area (Å²) in [5.74, 6) is -0.834. The largest absolute Gasteiger partial charge is 0.481 e. The third-order valence-corrected chi connectivity index (χ3v) is 5.93. The van der Waals surface area contributed by atoms with Crippen LogP contribution >= 0.6 is 0 Å². The molecule has 21 heavy (non-hydrogen) atoms. The van der Waals surface area contributed by atoms with Crippen LogP contribution in [0.3, 0.4) is 0 Å². The molecule has 1 aromatic rings. The van der Waals surface area contributed by atoms with Gasteiger partial charge in [0.15, 0.2) is 0 Å². The van der Waals surface area contributed by atoms with Gasteiger partial charge in [-0.15, -0.1) is 0 Å². The van der Waals surface area contributed by atoms with Crippen molar-refractivity contribution in [2.45, 2.75) is 39.7 Å². The minimum Gasteiger partial charge on any atom is -0.481 e. The molecule has 1 aliphatic heterocycles. The summed E-state index contributed by atoms with van der Waals surface area (Å²) in [4.78, 5) is 14.2. The van der Waals surface area contributed by atoms with E-state index < -0.39 is 5.97 Å². The summed E-state index contributed by atoms with van der Waals surface area (Å²) in [6.07, 6.45) is 3.37. The SMILES string of the molecule is CC1(C)CCCC12CN(Cc1ccccc1)CC2C(=O)O. The normalized spacial score (nSPS) is 31.8. The van der Waals surface area contributed by atoms with Gasteiger partial charge >= 0.3 is 5.97 Å². The number of hydrogen-bond donors (Lipinski definition) is 1. The van der Waals surface area contributed by atoms with Crippen LogP contribution in [0.1, 0.15) is 38.7 Å². The van der Waals surface area contributed by atoms with Gasteiger partial charge in [-0.1, -0.05) is 50.6 Å². The van der Waals surface area contributed by atoms with Gasteiger partial charge in [0.2, 0.25) is 0 Å². The number of carbonyl (C=O) groups is 1. The van der Waals surface area contributed by atoms with Crippen molar-refractivity contribution in [2.75, 3.05) is 13.1 Å². The predicted molar refractivity (Wildman–Crippen MR) is 82.9 cm³/mol. The van der Waals surface area contributed by atoms with Gasteiger partial charge in [-0.25, -0.2) is 0 Å². The van der Waals surface area contributed by atoms with E-state index in [1.807, 2.05) is 6.07 Å². The fourth-order valence-electron chi connectivity index (χ4n) is 4.66. The van der Waals surface area contributed by atoms with E-state index >= 15 is 0 Å². The van der Waals surface area contributed by atoms with Crippen LogP contribution in [0.5, 0.6) is 0 Å². The first-order valence-electron chi connectivity index (χ1n) is 7.94. The Balaban J connectivity index is 1.84. The fourth-order valence-corrected chi connectivity index (χ4v) is 4.66. The molecule has 1 saturated carbocycles. The highest BCUT2D eigenvalue weighted by atomic mass is 16.4. The predicted octanol–water partition coefficient (Wildman–Crippen LogP) is 3.40. The maximum Gasteiger partial charge on any atom is 0.308 e. The monoisotopic (exact) mass is 287 g/mol. The number of aliphatic carboxylic acids is 1. The van der Waals surface area contributed by atoms with Gasteiger partial charge in [0.05, 0.1) is 5.92 Å². The Labute approximate surface area is 127 Å². The van der Waals surface area contributed by atoms with Gasteiger partial charge in [-0.3, -0.25) is 9.69 Å². The highest BCUT2D eigenvalue weighted by Crippen LogP contribution is 2.59. The van der Waals surface area contributed by atoms with E-state index in [1.165, 1.54) is 5.56 Å². The number of carboxylic acids is 1. The Morgan fingerprint density at radius 3 is 2.57 bits per heavy atom. The molecule has 3 nitrogen and oxygen atoms in total. The zero-order chi connectivity index (χ0) is 15.1. The topological polar surface area (TPSA) is 40.5 Å². The van der Waals surface area contributed by atoms with Crippen LogP contribution in [0.2, 0.25) is 0 Å². The van der Waals surface area contributed by atoms with Crippen molar-refractivity contribution >= 4 is 5.97 Å². The standard InChI is InChI=1S/C18H25NO2/c1-17(2)9-6-10-18(17)13-19(12-15(18)16(20)21)11-14-7-4-3-5-8-14/h3-5,7-8,15H,6,9-13H2,1-2H3,(H,20,21). The van der Waals surface area contributed by atoms with Crippen LogP contribution in [0.15, 0.2) is 30.3 Å². The maximum absolute atomic E-state index is 11.8. The molecule has 114 valence electrons. The zero-order valence-corrected chi connectivity index (χ0v) is 13.0. The number of benzene rings is 1. The fraction of sp³-hybridized carbons (Fsp3) is 0.611. The Hall–Kier alpha value is -1.35. The molecule has 3 rings (SSSR count). The summed E-state index contributed by atoms with van der Waals surface area (Å²) in [6, 6.07) is 10.4. The average molecular weight is 287 g/mol. The van der Waals surface area contributed by atoms with E-state index in [0.717, 1.165) is 32.4 Å². The highest BCUT2D eigenvalue weighted by Gasteiger charge is 2.59. The lowest BCUT2D eigenvalue weighted by Gasteiger charge is -2.41. The molecule has 1 aliphatic carbocycles. The third-order valence-electron chi connectivity index (χ3n) is 5.93. The van der Waals surface area contributed by atoms with Crippen molar-refractivity contribution in [3.63, 3.8) is 0 Å². The summed E-state index contributed by atoms with van der Waals surface area (Å²) < 4.78 is 0. The first-order chi connectivity index (χ1) is 9.95. The molecule has 0 amide bonds. The number of rotatable bonds is 3. The van der Waals surface area contributed by atoms with Gasteiger partial charge in [-0.2, -0.15) is 0 Å². The Morgan fingerprint density at radius 1 is 1.29 bits per heavy atom. The average Bonchev–Trinajstić information content (AvgIpc) is 2.93. The van der Waals surface area contributed by atoms with Crippen molar-refractivity contribution in [1.29, 1.82) is 0 Å². The molecule has 2 atom stereocenters. The molecular weight excluding hydrogens is 262 g/mol. The molecule has 1 aromatic carbocycles. The highest BCUT2D eigenvalue weighted by molar-refractivity contribution is 5.72. The maximum atomic E-state index is 11.8. The molecule has 2 fully saturated rings. The molecule has 3 heteroatoms. The van der Waals surface area contributed by atoms with E-state index in [0.29, 0.717) is 6.54 Å². The van der Waals surface area contributed by atoms with Gasteiger partial charge in [0, 0.05) is 25.0 Å². The Morgan fingerprint density at radius 2 is 2.00 bits per heavy atom. The lowest BCUT2D eigenvalue weighted by atomic mass is 9.62. The van der Waals surface area contributed by atoms with Crippen LogP contribution in [0.25, 0.3) is 0 Å². The summed E-state index contributed by atoms with van der Waals surface area (Å²) in [7, 11) is 0. The number of likely N-dealkylation sites (tertiary alicyclic amines) is 1. The minimum atomic E-state index is -0.611. The van der Waals surface area contributed by atoms with Gasteiger partial charge in [0.1, 0.15) is 0 Å². The van der Waals surface area contributed by atoms with Crippen molar-refractivity contribution < 1.29 is 9.90 Å². The molecule has 2 unspecified atom stereocenters.